The van der Waals surface area contributed by atoms with Gasteiger partial charge in [0.2, 0.25) is 5.91 Å². The number of carbonyl (C=O) groups is 3. The molecule has 1 amide bonds. The second kappa shape index (κ2) is 9.24. The molecule has 0 saturated carbocycles. The number of ether oxygens (including phenoxy) is 1. The first-order chi connectivity index (χ1) is 15.4. The molecule has 4 rings (SSSR count). The highest BCUT2D eigenvalue weighted by atomic mass is 19.4. The molecule has 13 heteroatoms. The van der Waals surface area contributed by atoms with Crippen LogP contribution in [0.3, 0.4) is 0 Å². The number of esters is 1. The molecule has 2 atom stereocenters. The van der Waals surface area contributed by atoms with E-state index in [2.05, 4.69) is 26.7 Å². The zero-order chi connectivity index (χ0) is 24.5. The number of carboxylic acids is 1. The lowest BCUT2D eigenvalue weighted by Gasteiger charge is -2.34. The first kappa shape index (κ1) is 24.3. The molecule has 0 bridgehead atoms. The van der Waals surface area contributed by atoms with E-state index in [1.807, 2.05) is 18.0 Å². The number of fused-ring (bicyclic) bond motifs is 2. The van der Waals surface area contributed by atoms with Crippen LogP contribution in [-0.4, -0.2) is 67.4 Å². The van der Waals surface area contributed by atoms with Crippen molar-refractivity contribution in [3.63, 3.8) is 0 Å². The van der Waals surface area contributed by atoms with E-state index < -0.39 is 18.1 Å². The molecule has 180 valence electrons. The fourth-order valence-corrected chi connectivity index (χ4v) is 4.13. The number of carbonyl (C=O) groups excluding carboxylic acids is 2. The Bertz CT molecular complexity index is 1060. The van der Waals surface area contributed by atoms with E-state index in [1.165, 1.54) is 7.11 Å². The number of nitrogens with one attached hydrogen (secondary N) is 1. The minimum Gasteiger partial charge on any atom is -0.475 e. The molecule has 2 aromatic heterocycles. The normalized spacial score (nSPS) is 19.6. The van der Waals surface area contributed by atoms with Crippen LogP contribution < -0.4 is 0 Å². The zero-order valence-electron chi connectivity index (χ0n) is 18.3. The summed E-state index contributed by atoms with van der Waals surface area (Å²) >= 11 is 0. The molecule has 0 spiro atoms. The number of alkyl halides is 3. The van der Waals surface area contributed by atoms with E-state index in [-0.39, 0.29) is 23.4 Å². The van der Waals surface area contributed by atoms with Gasteiger partial charge in [-0.25, -0.2) is 14.6 Å². The van der Waals surface area contributed by atoms with Gasteiger partial charge in [0.1, 0.15) is 5.82 Å². The summed E-state index contributed by atoms with van der Waals surface area (Å²) < 4.78 is 38.6. The topological polar surface area (TPSA) is 130 Å². The number of halogens is 3. The first-order valence-corrected chi connectivity index (χ1v) is 10.2. The van der Waals surface area contributed by atoms with Crippen molar-refractivity contribution in [2.75, 3.05) is 13.7 Å². The van der Waals surface area contributed by atoms with Crippen molar-refractivity contribution in [1.82, 2.24) is 24.6 Å². The fraction of sp³-hybridized carbons (Fsp3) is 0.550. The lowest BCUT2D eigenvalue weighted by atomic mass is 9.89. The molecule has 33 heavy (non-hydrogen) atoms. The Morgan fingerprint density at radius 3 is 2.58 bits per heavy atom. The lowest BCUT2D eigenvalue weighted by Crippen LogP contribution is -2.43. The van der Waals surface area contributed by atoms with Crippen molar-refractivity contribution in [1.29, 1.82) is 0 Å². The van der Waals surface area contributed by atoms with Gasteiger partial charge in [0.15, 0.2) is 5.69 Å². The number of hydrogen-bond acceptors (Lipinski definition) is 6. The van der Waals surface area contributed by atoms with Crippen LogP contribution in [0.1, 0.15) is 52.5 Å². The molecular formula is C20H24F3N5O5. The largest absolute Gasteiger partial charge is 0.490 e. The highest BCUT2D eigenvalue weighted by Gasteiger charge is 2.38. The predicted molar refractivity (Wildman–Crippen MR) is 106 cm³/mol. The van der Waals surface area contributed by atoms with E-state index in [0.29, 0.717) is 26.1 Å². The maximum atomic E-state index is 13.1. The van der Waals surface area contributed by atoms with E-state index in [4.69, 9.17) is 14.6 Å². The monoisotopic (exact) mass is 471 g/mol. The number of aryl methyl sites for hydroxylation is 1. The van der Waals surface area contributed by atoms with E-state index >= 15 is 0 Å². The summed E-state index contributed by atoms with van der Waals surface area (Å²) in [5.74, 6) is -1.84. The van der Waals surface area contributed by atoms with Gasteiger partial charge in [-0.05, 0) is 13.3 Å². The Morgan fingerprint density at radius 2 is 1.97 bits per heavy atom. The van der Waals surface area contributed by atoms with Crippen LogP contribution in [0.25, 0.3) is 0 Å². The third-order valence-corrected chi connectivity index (χ3v) is 5.64. The van der Waals surface area contributed by atoms with Gasteiger partial charge >= 0.3 is 18.1 Å². The molecular weight excluding hydrogens is 447 g/mol. The van der Waals surface area contributed by atoms with Gasteiger partial charge in [-0.3, -0.25) is 9.89 Å². The number of carboxylic acid groups (broad SMARTS) is 1. The summed E-state index contributed by atoms with van der Waals surface area (Å²) in [7, 11) is 1.34. The Balaban J connectivity index is 0.000000383. The molecule has 2 aliphatic heterocycles. The van der Waals surface area contributed by atoms with Crippen molar-refractivity contribution in [3.05, 3.63) is 34.7 Å². The average Bonchev–Trinajstić information content (AvgIpc) is 3.35. The number of aromatic nitrogens is 4. The molecule has 4 heterocycles. The number of rotatable bonds is 2. The van der Waals surface area contributed by atoms with Crippen molar-refractivity contribution < 1.29 is 37.4 Å². The van der Waals surface area contributed by atoms with Crippen LogP contribution in [0.5, 0.6) is 0 Å². The summed E-state index contributed by atoms with van der Waals surface area (Å²) in [6.45, 7) is 5.80. The van der Waals surface area contributed by atoms with Gasteiger partial charge in [-0.2, -0.15) is 18.3 Å². The third kappa shape index (κ3) is 5.17. The van der Waals surface area contributed by atoms with Gasteiger partial charge in [-0.1, -0.05) is 6.92 Å². The highest BCUT2D eigenvalue weighted by molar-refractivity contribution is 5.89. The van der Waals surface area contributed by atoms with E-state index in [9.17, 15) is 22.8 Å². The van der Waals surface area contributed by atoms with Crippen LogP contribution in [-0.2, 0) is 33.8 Å². The van der Waals surface area contributed by atoms with Gasteiger partial charge in [-0.15, -0.1) is 0 Å². The minimum absolute atomic E-state index is 0.0684. The molecule has 0 saturated heterocycles. The highest BCUT2D eigenvalue weighted by Crippen LogP contribution is 2.32. The van der Waals surface area contributed by atoms with Crippen LogP contribution in [0.2, 0.25) is 0 Å². The maximum Gasteiger partial charge on any atom is 0.490 e. The van der Waals surface area contributed by atoms with Crippen LogP contribution in [0, 0.1) is 12.8 Å². The van der Waals surface area contributed by atoms with Gasteiger partial charge in [0, 0.05) is 49.4 Å². The first-order valence-electron chi connectivity index (χ1n) is 10.2. The number of hydrogen-bond donors (Lipinski definition) is 2. The lowest BCUT2D eigenvalue weighted by molar-refractivity contribution is -0.192. The van der Waals surface area contributed by atoms with Crippen LogP contribution >= 0.6 is 0 Å². The molecule has 0 fully saturated rings. The van der Waals surface area contributed by atoms with Crippen molar-refractivity contribution in [2.45, 2.75) is 51.9 Å². The standard InChI is InChI=1S/C18H23N5O3.C2HF3O2/c1-10-6-12(8-23-7-11(2)19-16(10)23)17(24)22-5-4-14-13(9-22)15(21-20-14)18(25)26-3;3-2(4,5)1(6)7/h7,10,12H,4-6,8-9H2,1-3H3,(H,20,21);(H,6,7)/t10-,12+;/m0./s1. The number of imidazole rings is 1. The van der Waals surface area contributed by atoms with Crippen LogP contribution in [0.15, 0.2) is 6.20 Å². The number of aromatic amines is 1. The van der Waals surface area contributed by atoms with Crippen LogP contribution in [0.4, 0.5) is 13.2 Å². The van der Waals surface area contributed by atoms with E-state index in [0.717, 1.165) is 29.2 Å². The molecule has 10 nitrogen and oxygen atoms in total. The molecule has 0 unspecified atom stereocenters. The minimum atomic E-state index is -5.08. The summed E-state index contributed by atoms with van der Waals surface area (Å²) in [5, 5.41) is 14.1. The predicted octanol–water partition coefficient (Wildman–Crippen LogP) is 2.04. The number of aliphatic carboxylic acids is 1. The molecule has 2 aliphatic rings. The molecule has 0 aliphatic carbocycles. The smallest absolute Gasteiger partial charge is 0.475 e. The number of H-pyrrole nitrogens is 1. The van der Waals surface area contributed by atoms with Crippen molar-refractivity contribution in [3.8, 4) is 0 Å². The summed E-state index contributed by atoms with van der Waals surface area (Å²) in [5.41, 5.74) is 2.96. The Hall–Kier alpha value is -3.38. The third-order valence-electron chi connectivity index (χ3n) is 5.64. The van der Waals surface area contributed by atoms with Gasteiger partial charge < -0.3 is 19.3 Å². The van der Waals surface area contributed by atoms with Crippen molar-refractivity contribution >= 4 is 17.8 Å². The SMILES string of the molecule is COC(=O)c1n[nH]c2c1CN(C(=O)[C@@H]1C[C@H](C)c3nc(C)cn3C1)CC2.O=C(O)C(F)(F)F. The van der Waals surface area contributed by atoms with Gasteiger partial charge in [0.25, 0.3) is 0 Å². The average molecular weight is 471 g/mol. The Kier molecular flexibility index (Phi) is 6.79. The summed E-state index contributed by atoms with van der Waals surface area (Å²) in [6, 6.07) is 0. The number of amides is 1. The summed E-state index contributed by atoms with van der Waals surface area (Å²) in [6.07, 6.45) is -1.60. The Morgan fingerprint density at radius 1 is 1.30 bits per heavy atom. The quantitative estimate of drug-likeness (QED) is 0.641. The molecule has 2 aromatic rings. The zero-order valence-corrected chi connectivity index (χ0v) is 18.3. The second-order valence-corrected chi connectivity index (χ2v) is 8.06. The van der Waals surface area contributed by atoms with E-state index in [1.54, 1.807) is 0 Å². The number of methoxy groups -OCH3 is 1. The van der Waals surface area contributed by atoms with Crippen molar-refractivity contribution in [2.24, 2.45) is 5.92 Å². The molecule has 0 radical (unpaired) electrons. The molecule has 2 N–H and O–H groups in total. The maximum absolute atomic E-state index is 13.1. The number of nitrogens with zero attached hydrogens (tertiary/aromatic N) is 4. The second-order valence-electron chi connectivity index (χ2n) is 8.06. The Labute approximate surface area is 186 Å². The van der Waals surface area contributed by atoms with Gasteiger partial charge in [0.05, 0.1) is 18.7 Å². The fourth-order valence-electron chi connectivity index (χ4n) is 4.13. The summed E-state index contributed by atoms with van der Waals surface area (Å²) in [4.78, 5) is 40.3. The molecule has 0 aromatic carbocycles.